The maximum absolute atomic E-state index is 13.1. The number of sulfonamides is 1. The lowest BCUT2D eigenvalue weighted by atomic mass is 9.92. The van der Waals surface area contributed by atoms with E-state index in [0.717, 1.165) is 47.2 Å². The fourth-order valence-electron chi connectivity index (χ4n) is 3.59. The molecule has 2 aromatic rings. The highest BCUT2D eigenvalue weighted by Gasteiger charge is 2.32. The van der Waals surface area contributed by atoms with Crippen LogP contribution in [0.2, 0.25) is 0 Å². The van der Waals surface area contributed by atoms with Crippen molar-refractivity contribution in [2.75, 3.05) is 6.54 Å². The molecule has 0 unspecified atom stereocenters. The fraction of sp³-hybridized carbons (Fsp3) is 0.261. The maximum Gasteiger partial charge on any atom is 0.279 e. The number of aryl methyl sites for hydroxylation is 1. The minimum atomic E-state index is -3.67. The highest BCUT2D eigenvalue weighted by atomic mass is 32.2. The zero-order chi connectivity index (χ0) is 19.6. The molecule has 0 bridgehead atoms. The Labute approximate surface area is 166 Å². The molecular weight excluding hydrogens is 368 g/mol. The normalized spacial score (nSPS) is 18.9. The highest BCUT2D eigenvalue weighted by molar-refractivity contribution is 7.89. The second-order valence-electron chi connectivity index (χ2n) is 7.30. The van der Waals surface area contributed by atoms with Crippen LogP contribution in [0, 0.1) is 6.92 Å². The first-order valence-corrected chi connectivity index (χ1v) is 11.1. The van der Waals surface area contributed by atoms with Crippen molar-refractivity contribution < 1.29 is 8.42 Å². The van der Waals surface area contributed by atoms with Crippen LogP contribution in [-0.4, -0.2) is 25.1 Å². The lowest BCUT2D eigenvalue weighted by Crippen LogP contribution is -2.24. The summed E-state index contributed by atoms with van der Waals surface area (Å²) in [6.07, 6.45) is 8.54. The monoisotopic (exact) mass is 392 g/mol. The second kappa shape index (κ2) is 7.76. The van der Waals surface area contributed by atoms with Crippen LogP contribution < -0.4 is 0 Å². The van der Waals surface area contributed by atoms with E-state index in [1.807, 2.05) is 49.4 Å². The van der Waals surface area contributed by atoms with Gasteiger partial charge in [-0.2, -0.15) is 17.9 Å². The average molecular weight is 393 g/mol. The third-order valence-electron chi connectivity index (χ3n) is 5.15. The van der Waals surface area contributed by atoms with Gasteiger partial charge in [-0.1, -0.05) is 54.1 Å². The first kappa shape index (κ1) is 18.7. The van der Waals surface area contributed by atoms with E-state index in [0.29, 0.717) is 0 Å². The molecule has 0 atom stereocenters. The maximum atomic E-state index is 13.1. The van der Waals surface area contributed by atoms with Crippen LogP contribution in [0.5, 0.6) is 0 Å². The summed E-state index contributed by atoms with van der Waals surface area (Å²) in [6, 6.07) is 16.9. The Bertz CT molecular complexity index is 1050. The van der Waals surface area contributed by atoms with Crippen molar-refractivity contribution in [1.82, 2.24) is 4.41 Å². The van der Waals surface area contributed by atoms with Crippen LogP contribution >= 0.6 is 0 Å². The molecule has 0 radical (unpaired) electrons. The number of hydrogen-bond donors (Lipinski definition) is 0. The van der Waals surface area contributed by atoms with E-state index >= 15 is 0 Å². The number of benzene rings is 2. The molecule has 0 amide bonds. The Kier molecular flexibility index (Phi) is 5.18. The third kappa shape index (κ3) is 3.80. The molecule has 1 aliphatic heterocycles. The molecule has 144 valence electrons. The van der Waals surface area contributed by atoms with Gasteiger partial charge < -0.3 is 0 Å². The van der Waals surface area contributed by atoms with Crippen molar-refractivity contribution in [2.24, 2.45) is 5.10 Å². The van der Waals surface area contributed by atoms with E-state index in [4.69, 9.17) is 0 Å². The minimum Gasteiger partial charge on any atom is -0.200 e. The molecule has 0 saturated carbocycles. The first-order valence-electron chi connectivity index (χ1n) is 9.67. The van der Waals surface area contributed by atoms with Crippen molar-refractivity contribution >= 4 is 21.8 Å². The summed E-state index contributed by atoms with van der Waals surface area (Å²) in [6.45, 7) is 2.20. The quantitative estimate of drug-likeness (QED) is 0.740. The molecule has 28 heavy (non-hydrogen) atoms. The SMILES string of the molecule is Cc1ccc(S(=O)(=O)N2C/C(=C\c3ccccc3)C(C3=CCCCC3)=N2)cc1. The largest absolute Gasteiger partial charge is 0.279 e. The zero-order valence-electron chi connectivity index (χ0n) is 16.0. The Balaban J connectivity index is 1.73. The smallest absolute Gasteiger partial charge is 0.200 e. The Morgan fingerprint density at radius 3 is 2.43 bits per heavy atom. The van der Waals surface area contributed by atoms with Crippen molar-refractivity contribution in [1.29, 1.82) is 0 Å². The summed E-state index contributed by atoms with van der Waals surface area (Å²) >= 11 is 0. The zero-order valence-corrected chi connectivity index (χ0v) is 16.8. The Morgan fingerprint density at radius 2 is 1.75 bits per heavy atom. The van der Waals surface area contributed by atoms with Gasteiger partial charge in [0.2, 0.25) is 0 Å². The average Bonchev–Trinajstić information content (AvgIpc) is 3.14. The molecule has 0 N–H and O–H groups in total. The first-order chi connectivity index (χ1) is 13.5. The Morgan fingerprint density at radius 1 is 1.00 bits per heavy atom. The van der Waals surface area contributed by atoms with Gasteiger partial charge >= 0.3 is 0 Å². The third-order valence-corrected chi connectivity index (χ3v) is 6.79. The van der Waals surface area contributed by atoms with Crippen LogP contribution in [0.1, 0.15) is 36.8 Å². The van der Waals surface area contributed by atoms with Gasteiger partial charge in [-0.15, -0.1) is 0 Å². The number of hydrazone groups is 1. The van der Waals surface area contributed by atoms with Gasteiger partial charge in [0.1, 0.15) is 0 Å². The molecule has 4 nitrogen and oxygen atoms in total. The van der Waals surface area contributed by atoms with Gasteiger partial charge in [-0.05, 0) is 62.0 Å². The summed E-state index contributed by atoms with van der Waals surface area (Å²) in [5.74, 6) is 0. The van der Waals surface area contributed by atoms with Gasteiger partial charge in [0, 0.05) is 5.57 Å². The molecule has 0 aromatic heterocycles. The topological polar surface area (TPSA) is 49.7 Å². The molecule has 1 aliphatic carbocycles. The van der Waals surface area contributed by atoms with E-state index in [1.165, 1.54) is 10.8 Å². The molecule has 2 aromatic carbocycles. The van der Waals surface area contributed by atoms with E-state index < -0.39 is 10.0 Å². The lowest BCUT2D eigenvalue weighted by Gasteiger charge is -2.14. The van der Waals surface area contributed by atoms with Crippen LogP contribution in [-0.2, 0) is 10.0 Å². The number of nitrogens with zero attached hydrogens (tertiary/aromatic N) is 2. The number of rotatable bonds is 4. The molecule has 0 saturated heterocycles. The van der Waals surface area contributed by atoms with Crippen LogP contribution in [0.4, 0.5) is 0 Å². The lowest BCUT2D eigenvalue weighted by molar-refractivity contribution is 0.473. The van der Waals surface area contributed by atoms with E-state index in [9.17, 15) is 8.42 Å². The number of hydrogen-bond acceptors (Lipinski definition) is 3. The van der Waals surface area contributed by atoms with E-state index in [1.54, 1.807) is 12.1 Å². The van der Waals surface area contributed by atoms with E-state index in [2.05, 4.69) is 17.3 Å². The van der Waals surface area contributed by atoms with Gasteiger partial charge in [0.25, 0.3) is 10.0 Å². The molecule has 0 spiro atoms. The summed E-state index contributed by atoms with van der Waals surface area (Å²) < 4.78 is 27.5. The predicted molar refractivity (Wildman–Crippen MR) is 113 cm³/mol. The van der Waals surface area contributed by atoms with Crippen molar-refractivity contribution in [2.45, 2.75) is 37.5 Å². The second-order valence-corrected chi connectivity index (χ2v) is 9.15. The summed E-state index contributed by atoms with van der Waals surface area (Å²) in [5.41, 5.74) is 5.02. The van der Waals surface area contributed by atoms with Gasteiger partial charge in [-0.3, -0.25) is 0 Å². The molecule has 5 heteroatoms. The Hall–Kier alpha value is -2.66. The molecular formula is C23H24N2O2S. The van der Waals surface area contributed by atoms with Crippen molar-refractivity contribution in [3.63, 3.8) is 0 Å². The molecule has 1 heterocycles. The standard InChI is InChI=1S/C23H24N2O2S/c1-18-12-14-22(15-13-18)28(26,27)25-17-21(16-19-8-4-2-5-9-19)23(24-25)20-10-6-3-7-11-20/h2,4-5,8-10,12-16H,3,6-7,11,17H2,1H3/b21-16+. The van der Waals surface area contributed by atoms with Crippen molar-refractivity contribution in [3.05, 3.63) is 82.9 Å². The van der Waals surface area contributed by atoms with Crippen LogP contribution in [0.15, 0.2) is 81.8 Å². The predicted octanol–water partition coefficient (Wildman–Crippen LogP) is 4.94. The molecule has 2 aliphatic rings. The van der Waals surface area contributed by atoms with Gasteiger partial charge in [0.15, 0.2) is 0 Å². The molecule has 4 rings (SSSR count). The molecule has 0 fully saturated rings. The summed E-state index contributed by atoms with van der Waals surface area (Å²) in [7, 11) is -3.67. The number of allylic oxidation sites excluding steroid dienone is 2. The van der Waals surface area contributed by atoms with Crippen molar-refractivity contribution in [3.8, 4) is 0 Å². The van der Waals surface area contributed by atoms with E-state index in [-0.39, 0.29) is 11.4 Å². The summed E-state index contributed by atoms with van der Waals surface area (Å²) in [5, 5.41) is 4.59. The minimum absolute atomic E-state index is 0.262. The highest BCUT2D eigenvalue weighted by Crippen LogP contribution is 2.30. The van der Waals surface area contributed by atoms with Gasteiger partial charge in [0.05, 0.1) is 17.2 Å². The van der Waals surface area contributed by atoms with Crippen LogP contribution in [0.3, 0.4) is 0 Å². The summed E-state index contributed by atoms with van der Waals surface area (Å²) in [4.78, 5) is 0.278. The van der Waals surface area contributed by atoms with Crippen LogP contribution in [0.25, 0.3) is 6.08 Å². The fourth-order valence-corrected chi connectivity index (χ4v) is 4.81. The van der Waals surface area contributed by atoms with Gasteiger partial charge in [-0.25, -0.2) is 0 Å².